The number of nitrogens with one attached hydrogen (secondary N) is 1. The molecule has 28 heavy (non-hydrogen) atoms. The monoisotopic (exact) mass is 395 g/mol. The third kappa shape index (κ3) is 4.51. The Bertz CT molecular complexity index is 998. The van der Waals surface area contributed by atoms with Gasteiger partial charge in [0.15, 0.2) is 0 Å². The molecule has 1 aromatic heterocycles. The fraction of sp³-hybridized carbons (Fsp3) is 0.182. The number of hydrogen-bond donors (Lipinski definition) is 1. The Hall–Kier alpha value is -2.86. The fourth-order valence-corrected chi connectivity index (χ4v) is 3.82. The van der Waals surface area contributed by atoms with Crippen LogP contribution >= 0.6 is 11.8 Å². The van der Waals surface area contributed by atoms with E-state index in [0.717, 1.165) is 21.8 Å². The number of hydrazone groups is 1. The van der Waals surface area contributed by atoms with Crippen molar-refractivity contribution in [2.45, 2.75) is 30.9 Å². The van der Waals surface area contributed by atoms with Gasteiger partial charge in [-0.15, -0.1) is 11.8 Å². The van der Waals surface area contributed by atoms with Crippen LogP contribution in [0, 0.1) is 19.7 Å². The van der Waals surface area contributed by atoms with Gasteiger partial charge in [0, 0.05) is 21.8 Å². The van der Waals surface area contributed by atoms with Crippen LogP contribution < -0.4 is 5.43 Å². The Morgan fingerprint density at radius 1 is 1.14 bits per heavy atom. The van der Waals surface area contributed by atoms with E-state index >= 15 is 0 Å². The molecule has 0 fully saturated rings. The average Bonchev–Trinajstić information content (AvgIpc) is 2.96. The molecule has 0 aliphatic heterocycles. The molecule has 0 spiro atoms. The third-order valence-corrected chi connectivity index (χ3v) is 5.48. The standard InChI is InChI=1S/C22H22FN3OS/c1-15-13-18(16(2)26(15)21-12-8-7-11-20(21)23)14-24-25-22(27)17(3)28-19-9-5-4-6-10-19/h4-14,17H,1-3H3,(H,25,27)/b24-14-/t17-/m1/s1. The van der Waals surface area contributed by atoms with E-state index < -0.39 is 0 Å². The zero-order valence-corrected chi connectivity index (χ0v) is 16.8. The second kappa shape index (κ2) is 8.89. The highest BCUT2D eigenvalue weighted by Crippen LogP contribution is 2.23. The molecule has 2 aromatic carbocycles. The molecule has 0 bridgehead atoms. The number of carbonyl (C=O) groups excluding carboxylic acids is 1. The third-order valence-electron chi connectivity index (χ3n) is 4.37. The van der Waals surface area contributed by atoms with Crippen molar-refractivity contribution >= 4 is 23.9 Å². The summed E-state index contributed by atoms with van der Waals surface area (Å²) >= 11 is 1.47. The van der Waals surface area contributed by atoms with Crippen molar-refractivity contribution in [1.29, 1.82) is 0 Å². The average molecular weight is 396 g/mol. The number of thioether (sulfide) groups is 1. The van der Waals surface area contributed by atoms with E-state index in [-0.39, 0.29) is 17.0 Å². The van der Waals surface area contributed by atoms with Gasteiger partial charge in [-0.05, 0) is 51.1 Å². The Kier molecular flexibility index (Phi) is 6.31. The van der Waals surface area contributed by atoms with Gasteiger partial charge in [-0.25, -0.2) is 9.82 Å². The first-order valence-electron chi connectivity index (χ1n) is 8.96. The number of aryl methyl sites for hydroxylation is 1. The van der Waals surface area contributed by atoms with Crippen molar-refractivity contribution in [1.82, 2.24) is 9.99 Å². The summed E-state index contributed by atoms with van der Waals surface area (Å²) in [6.07, 6.45) is 1.59. The van der Waals surface area contributed by atoms with Gasteiger partial charge in [-0.2, -0.15) is 5.10 Å². The number of carbonyl (C=O) groups is 1. The summed E-state index contributed by atoms with van der Waals surface area (Å²) in [5, 5.41) is 3.82. The van der Waals surface area contributed by atoms with Crippen molar-refractivity contribution in [3.8, 4) is 5.69 Å². The van der Waals surface area contributed by atoms with Crippen LogP contribution in [0.4, 0.5) is 4.39 Å². The van der Waals surface area contributed by atoms with Crippen LogP contribution in [0.25, 0.3) is 5.69 Å². The highest BCUT2D eigenvalue weighted by atomic mass is 32.2. The predicted octanol–water partition coefficient (Wildman–Crippen LogP) is 4.86. The number of halogens is 1. The van der Waals surface area contributed by atoms with Gasteiger partial charge in [-0.3, -0.25) is 4.79 Å². The van der Waals surface area contributed by atoms with Crippen LogP contribution in [0.15, 0.2) is 70.7 Å². The largest absolute Gasteiger partial charge is 0.315 e. The summed E-state index contributed by atoms with van der Waals surface area (Å²) in [5.74, 6) is -0.458. The van der Waals surface area contributed by atoms with Gasteiger partial charge < -0.3 is 4.57 Å². The van der Waals surface area contributed by atoms with Crippen LogP contribution in [0.3, 0.4) is 0 Å². The molecule has 0 radical (unpaired) electrons. The van der Waals surface area contributed by atoms with Gasteiger partial charge in [0.2, 0.25) is 0 Å². The molecule has 1 heterocycles. The van der Waals surface area contributed by atoms with E-state index in [2.05, 4.69) is 10.5 Å². The summed E-state index contributed by atoms with van der Waals surface area (Å²) < 4.78 is 16.0. The zero-order valence-electron chi connectivity index (χ0n) is 16.0. The first kappa shape index (κ1) is 19.9. The molecule has 144 valence electrons. The maximum absolute atomic E-state index is 14.2. The lowest BCUT2D eigenvalue weighted by atomic mass is 10.2. The number of para-hydroxylation sites is 1. The molecule has 0 unspecified atom stereocenters. The molecule has 0 saturated carbocycles. The molecular weight excluding hydrogens is 373 g/mol. The number of benzene rings is 2. The molecule has 0 saturated heterocycles. The van der Waals surface area contributed by atoms with Crippen LogP contribution in [0.5, 0.6) is 0 Å². The van der Waals surface area contributed by atoms with E-state index in [4.69, 9.17) is 0 Å². The van der Waals surface area contributed by atoms with Gasteiger partial charge >= 0.3 is 0 Å². The number of aromatic nitrogens is 1. The van der Waals surface area contributed by atoms with Gasteiger partial charge in [0.1, 0.15) is 5.82 Å². The van der Waals surface area contributed by atoms with E-state index in [1.807, 2.05) is 61.7 Å². The summed E-state index contributed by atoms with van der Waals surface area (Å²) in [7, 11) is 0. The molecule has 0 aliphatic carbocycles. The van der Waals surface area contributed by atoms with E-state index in [0.29, 0.717) is 5.69 Å². The Morgan fingerprint density at radius 3 is 2.54 bits per heavy atom. The SMILES string of the molecule is Cc1cc(/C=N\NC(=O)[C@@H](C)Sc2ccccc2)c(C)n1-c1ccccc1F. The minimum Gasteiger partial charge on any atom is -0.315 e. The smallest absolute Gasteiger partial charge is 0.253 e. The normalized spacial score (nSPS) is 12.3. The summed E-state index contributed by atoms with van der Waals surface area (Å²) in [5.41, 5.74) is 5.65. The Balaban J connectivity index is 1.69. The van der Waals surface area contributed by atoms with E-state index in [9.17, 15) is 9.18 Å². The fourth-order valence-electron chi connectivity index (χ4n) is 2.94. The van der Waals surface area contributed by atoms with Crippen molar-refractivity contribution in [3.05, 3.63) is 83.4 Å². The lowest BCUT2D eigenvalue weighted by Crippen LogP contribution is -2.26. The highest BCUT2D eigenvalue weighted by molar-refractivity contribution is 8.00. The van der Waals surface area contributed by atoms with Gasteiger partial charge in [-0.1, -0.05) is 30.3 Å². The first-order chi connectivity index (χ1) is 13.5. The van der Waals surface area contributed by atoms with Crippen LogP contribution in [0.2, 0.25) is 0 Å². The minimum absolute atomic E-state index is 0.173. The topological polar surface area (TPSA) is 46.4 Å². The predicted molar refractivity (Wildman–Crippen MR) is 113 cm³/mol. The summed E-state index contributed by atoms with van der Waals surface area (Å²) in [6.45, 7) is 5.65. The summed E-state index contributed by atoms with van der Waals surface area (Å²) in [6, 6.07) is 18.3. The second-order valence-electron chi connectivity index (χ2n) is 6.42. The molecule has 0 aliphatic rings. The van der Waals surface area contributed by atoms with Crippen LogP contribution in [-0.2, 0) is 4.79 Å². The molecule has 1 N–H and O–H groups in total. The minimum atomic E-state index is -0.284. The van der Waals surface area contributed by atoms with Crippen molar-refractivity contribution in [2.24, 2.45) is 5.10 Å². The van der Waals surface area contributed by atoms with Crippen LogP contribution in [0.1, 0.15) is 23.9 Å². The molecule has 1 amide bonds. The Labute approximate surface area is 168 Å². The molecule has 3 rings (SSSR count). The molecule has 3 aromatic rings. The zero-order chi connectivity index (χ0) is 20.1. The van der Waals surface area contributed by atoms with E-state index in [1.165, 1.54) is 17.8 Å². The quantitative estimate of drug-likeness (QED) is 0.368. The molecule has 1 atom stereocenters. The lowest BCUT2D eigenvalue weighted by molar-refractivity contribution is -0.120. The molecular formula is C22H22FN3OS. The first-order valence-corrected chi connectivity index (χ1v) is 9.84. The van der Waals surface area contributed by atoms with Crippen molar-refractivity contribution in [3.63, 3.8) is 0 Å². The van der Waals surface area contributed by atoms with Gasteiger partial charge in [0.05, 0.1) is 17.2 Å². The molecule has 4 nitrogen and oxygen atoms in total. The lowest BCUT2D eigenvalue weighted by Gasteiger charge is -2.10. The second-order valence-corrected chi connectivity index (χ2v) is 7.83. The van der Waals surface area contributed by atoms with Gasteiger partial charge in [0.25, 0.3) is 5.91 Å². The van der Waals surface area contributed by atoms with Crippen molar-refractivity contribution in [2.75, 3.05) is 0 Å². The molecule has 6 heteroatoms. The number of nitrogens with zero attached hydrogens (tertiary/aromatic N) is 2. The summed E-state index contributed by atoms with van der Waals surface area (Å²) in [4.78, 5) is 13.3. The highest BCUT2D eigenvalue weighted by Gasteiger charge is 2.14. The van der Waals surface area contributed by atoms with Crippen molar-refractivity contribution < 1.29 is 9.18 Å². The van der Waals surface area contributed by atoms with Crippen LogP contribution in [-0.4, -0.2) is 21.9 Å². The maximum atomic E-state index is 14.2. The number of rotatable bonds is 6. The number of hydrogen-bond acceptors (Lipinski definition) is 3. The maximum Gasteiger partial charge on any atom is 0.253 e. The Morgan fingerprint density at radius 2 is 1.82 bits per heavy atom. The van der Waals surface area contributed by atoms with E-state index in [1.54, 1.807) is 24.4 Å². The number of amides is 1.